The first-order chi connectivity index (χ1) is 10.7. The van der Waals surface area contributed by atoms with Crippen LogP contribution in [0.1, 0.15) is 19.4 Å². The summed E-state index contributed by atoms with van der Waals surface area (Å²) in [4.78, 5) is 19.8. The first-order valence-electron chi connectivity index (χ1n) is 7.37. The molecule has 22 heavy (non-hydrogen) atoms. The molecule has 2 aromatic carbocycles. The maximum absolute atomic E-state index is 12.8. The van der Waals surface area contributed by atoms with Gasteiger partial charge in [-0.1, -0.05) is 55.4 Å². The highest BCUT2D eigenvalue weighted by molar-refractivity contribution is 6.55. The van der Waals surface area contributed by atoms with Gasteiger partial charge in [0.05, 0.1) is 5.69 Å². The van der Waals surface area contributed by atoms with Gasteiger partial charge in [0, 0.05) is 11.3 Å². The molecule has 0 radical (unpaired) electrons. The Morgan fingerprint density at radius 3 is 2.45 bits per heavy atom. The van der Waals surface area contributed by atoms with Crippen molar-refractivity contribution in [2.24, 2.45) is 11.1 Å². The van der Waals surface area contributed by atoms with Gasteiger partial charge in [-0.05, 0) is 24.1 Å². The van der Waals surface area contributed by atoms with Crippen LogP contribution in [-0.2, 0) is 9.63 Å². The van der Waals surface area contributed by atoms with E-state index in [9.17, 15) is 4.79 Å². The molecular formula is C18H18N2O2. The van der Waals surface area contributed by atoms with Crippen molar-refractivity contribution in [3.05, 3.63) is 60.2 Å². The summed E-state index contributed by atoms with van der Waals surface area (Å²) >= 11 is 0. The van der Waals surface area contributed by atoms with Crippen LogP contribution in [-0.4, -0.2) is 18.2 Å². The number of carbonyl (C=O) groups excluding carboxylic acids is 1. The molecule has 1 heterocycles. The van der Waals surface area contributed by atoms with Gasteiger partial charge in [0.1, 0.15) is 6.61 Å². The first kappa shape index (κ1) is 14.3. The molecule has 0 aliphatic carbocycles. The largest absolute Gasteiger partial charge is 0.395 e. The molecule has 0 aromatic heterocycles. The minimum atomic E-state index is -0.156. The quantitative estimate of drug-likeness (QED) is 0.806. The number of benzene rings is 2. The van der Waals surface area contributed by atoms with Crippen LogP contribution in [0.2, 0.25) is 0 Å². The fourth-order valence-corrected chi connectivity index (χ4v) is 2.37. The van der Waals surface area contributed by atoms with Gasteiger partial charge in [0.25, 0.3) is 5.91 Å². The van der Waals surface area contributed by atoms with Gasteiger partial charge in [-0.25, -0.2) is 0 Å². The third-order valence-corrected chi connectivity index (χ3v) is 3.38. The van der Waals surface area contributed by atoms with Gasteiger partial charge in [-0.3, -0.25) is 9.69 Å². The Kier molecular flexibility index (Phi) is 3.92. The zero-order valence-electron chi connectivity index (χ0n) is 12.7. The molecule has 1 aliphatic rings. The number of rotatable bonds is 4. The summed E-state index contributed by atoms with van der Waals surface area (Å²) in [5.41, 5.74) is 2.83. The Morgan fingerprint density at radius 1 is 1.05 bits per heavy atom. The van der Waals surface area contributed by atoms with Gasteiger partial charge in [0.2, 0.25) is 0 Å². The molecule has 4 heteroatoms. The predicted molar refractivity (Wildman–Crippen MR) is 87.4 cm³/mol. The molecule has 0 saturated carbocycles. The Labute approximate surface area is 130 Å². The van der Waals surface area contributed by atoms with Crippen molar-refractivity contribution >= 4 is 23.0 Å². The second-order valence-corrected chi connectivity index (χ2v) is 5.62. The molecule has 1 aliphatic heterocycles. The molecule has 3 rings (SSSR count). The van der Waals surface area contributed by atoms with E-state index in [1.807, 2.05) is 68.4 Å². The summed E-state index contributed by atoms with van der Waals surface area (Å²) in [5.74, 6) is 0.206. The molecule has 0 spiro atoms. The lowest BCUT2D eigenvalue weighted by Gasteiger charge is -2.16. The summed E-state index contributed by atoms with van der Waals surface area (Å²) < 4.78 is 0. The SMILES string of the molecule is CC(C)CO/N=C1\C(=O)N(c2ccccc2)c2ccccc21. The van der Waals surface area contributed by atoms with Crippen molar-refractivity contribution in [2.45, 2.75) is 13.8 Å². The number of carbonyl (C=O) groups is 1. The van der Waals surface area contributed by atoms with Crippen LogP contribution in [0.15, 0.2) is 59.8 Å². The molecule has 0 saturated heterocycles. The smallest absolute Gasteiger partial charge is 0.285 e. The highest BCUT2D eigenvalue weighted by Gasteiger charge is 2.35. The van der Waals surface area contributed by atoms with Crippen molar-refractivity contribution < 1.29 is 9.63 Å². The standard InChI is InChI=1S/C18H18N2O2/c1-13(2)12-22-19-17-15-10-6-7-11-16(15)20(18(17)21)14-8-4-3-5-9-14/h3-11,13H,12H2,1-2H3/b19-17-. The first-order valence-corrected chi connectivity index (χ1v) is 7.37. The van der Waals surface area contributed by atoms with Crippen LogP contribution >= 0.6 is 0 Å². The minimum absolute atomic E-state index is 0.156. The molecule has 0 N–H and O–H groups in total. The lowest BCUT2D eigenvalue weighted by Crippen LogP contribution is -2.25. The monoisotopic (exact) mass is 294 g/mol. The van der Waals surface area contributed by atoms with E-state index in [0.717, 1.165) is 16.9 Å². The molecule has 112 valence electrons. The molecule has 2 aromatic rings. The Morgan fingerprint density at radius 2 is 1.73 bits per heavy atom. The van der Waals surface area contributed by atoms with Gasteiger partial charge in [0.15, 0.2) is 5.71 Å². The van der Waals surface area contributed by atoms with Crippen molar-refractivity contribution in [1.29, 1.82) is 0 Å². The third-order valence-electron chi connectivity index (χ3n) is 3.38. The van der Waals surface area contributed by atoms with Crippen molar-refractivity contribution in [1.82, 2.24) is 0 Å². The summed E-state index contributed by atoms with van der Waals surface area (Å²) in [6.07, 6.45) is 0. The van der Waals surface area contributed by atoms with Crippen LogP contribution in [0.25, 0.3) is 0 Å². The topological polar surface area (TPSA) is 41.9 Å². The second kappa shape index (κ2) is 6.02. The van der Waals surface area contributed by atoms with Crippen LogP contribution in [0.5, 0.6) is 0 Å². The fourth-order valence-electron chi connectivity index (χ4n) is 2.37. The average Bonchev–Trinajstić information content (AvgIpc) is 2.80. The fraction of sp³-hybridized carbons (Fsp3) is 0.222. The molecular weight excluding hydrogens is 276 g/mol. The van der Waals surface area contributed by atoms with Gasteiger partial charge >= 0.3 is 0 Å². The normalized spacial score (nSPS) is 15.5. The maximum Gasteiger partial charge on any atom is 0.285 e. The molecule has 0 bridgehead atoms. The second-order valence-electron chi connectivity index (χ2n) is 5.62. The van der Waals surface area contributed by atoms with E-state index in [1.54, 1.807) is 4.90 Å². The average molecular weight is 294 g/mol. The van der Waals surface area contributed by atoms with Crippen molar-refractivity contribution in [2.75, 3.05) is 11.5 Å². The molecule has 1 amide bonds. The van der Waals surface area contributed by atoms with Crippen LogP contribution in [0.4, 0.5) is 11.4 Å². The zero-order valence-corrected chi connectivity index (χ0v) is 12.7. The highest BCUT2D eigenvalue weighted by atomic mass is 16.6. The number of amides is 1. The lowest BCUT2D eigenvalue weighted by atomic mass is 10.1. The van der Waals surface area contributed by atoms with Crippen LogP contribution in [0, 0.1) is 5.92 Å². The van der Waals surface area contributed by atoms with Crippen LogP contribution in [0.3, 0.4) is 0 Å². The van der Waals surface area contributed by atoms with E-state index in [2.05, 4.69) is 5.16 Å². The summed E-state index contributed by atoms with van der Waals surface area (Å²) in [6.45, 7) is 4.58. The Balaban J connectivity index is 2.00. The van der Waals surface area contributed by atoms with Crippen molar-refractivity contribution in [3.63, 3.8) is 0 Å². The molecule has 4 nitrogen and oxygen atoms in total. The molecule has 0 fully saturated rings. The van der Waals surface area contributed by atoms with E-state index in [1.165, 1.54) is 0 Å². The van der Waals surface area contributed by atoms with Gasteiger partial charge in [-0.2, -0.15) is 0 Å². The maximum atomic E-state index is 12.8. The minimum Gasteiger partial charge on any atom is -0.395 e. The summed E-state index contributed by atoms with van der Waals surface area (Å²) in [6, 6.07) is 17.2. The molecule has 0 atom stereocenters. The van der Waals surface area contributed by atoms with E-state index < -0.39 is 0 Å². The van der Waals surface area contributed by atoms with E-state index in [0.29, 0.717) is 18.2 Å². The summed E-state index contributed by atoms with van der Waals surface area (Å²) in [7, 11) is 0. The highest BCUT2D eigenvalue weighted by Crippen LogP contribution is 2.35. The number of anilines is 2. The van der Waals surface area contributed by atoms with E-state index in [4.69, 9.17) is 4.84 Å². The van der Waals surface area contributed by atoms with Crippen molar-refractivity contribution in [3.8, 4) is 0 Å². The summed E-state index contributed by atoms with van der Waals surface area (Å²) in [5, 5.41) is 4.09. The molecule has 0 unspecified atom stereocenters. The Bertz CT molecular complexity index is 708. The number of oxime groups is 1. The predicted octanol–water partition coefficient (Wildman–Crippen LogP) is 3.74. The number of nitrogens with zero attached hydrogens (tertiary/aromatic N) is 2. The number of hydrogen-bond acceptors (Lipinski definition) is 3. The Hall–Kier alpha value is -2.62. The zero-order chi connectivity index (χ0) is 15.5. The van der Waals surface area contributed by atoms with E-state index in [-0.39, 0.29) is 5.91 Å². The van der Waals surface area contributed by atoms with Crippen LogP contribution < -0.4 is 4.90 Å². The van der Waals surface area contributed by atoms with Gasteiger partial charge in [-0.15, -0.1) is 0 Å². The number of para-hydroxylation sites is 2. The van der Waals surface area contributed by atoms with Gasteiger partial charge < -0.3 is 4.84 Å². The third kappa shape index (κ3) is 2.60. The lowest BCUT2D eigenvalue weighted by molar-refractivity contribution is -0.111. The van der Waals surface area contributed by atoms with E-state index >= 15 is 0 Å². The number of hydrogen-bond donors (Lipinski definition) is 0. The number of fused-ring (bicyclic) bond motifs is 1.